The van der Waals surface area contributed by atoms with E-state index in [1.165, 1.54) is 0 Å². The molecule has 1 atom stereocenters. The van der Waals surface area contributed by atoms with Crippen LogP contribution in [0.2, 0.25) is 0 Å². The molecule has 2 heterocycles. The maximum absolute atomic E-state index is 13.1. The molecule has 0 radical (unpaired) electrons. The Labute approximate surface area is 176 Å². The van der Waals surface area contributed by atoms with Crippen molar-refractivity contribution in [1.29, 1.82) is 0 Å². The van der Waals surface area contributed by atoms with Crippen LogP contribution in [0, 0.1) is 5.92 Å². The van der Waals surface area contributed by atoms with E-state index >= 15 is 0 Å². The minimum atomic E-state index is -0.0563. The summed E-state index contributed by atoms with van der Waals surface area (Å²) in [5, 5.41) is 7.64. The van der Waals surface area contributed by atoms with E-state index in [2.05, 4.69) is 24.3 Å². The summed E-state index contributed by atoms with van der Waals surface area (Å²) in [6.07, 6.45) is 8.75. The second-order valence-corrected chi connectivity index (χ2v) is 8.86. The topological polar surface area (TPSA) is 68.4 Å². The van der Waals surface area contributed by atoms with Crippen LogP contribution in [0.3, 0.4) is 0 Å². The molecule has 1 unspecified atom stereocenters. The van der Waals surface area contributed by atoms with Gasteiger partial charge < -0.3 is 9.88 Å². The number of carbonyl (C=O) groups is 1. The Morgan fingerprint density at radius 1 is 1.10 bits per heavy atom. The van der Waals surface area contributed by atoms with Crippen molar-refractivity contribution in [2.45, 2.75) is 65.5 Å². The predicted molar refractivity (Wildman–Crippen MR) is 118 cm³/mol. The molecule has 0 saturated heterocycles. The van der Waals surface area contributed by atoms with Gasteiger partial charge in [-0.25, -0.2) is 4.52 Å². The molecule has 0 bridgehead atoms. The molecule has 1 aliphatic rings. The summed E-state index contributed by atoms with van der Waals surface area (Å²) in [7, 11) is 0. The van der Waals surface area contributed by atoms with Gasteiger partial charge in [-0.05, 0) is 62.6 Å². The lowest BCUT2D eigenvalue weighted by Crippen LogP contribution is -2.33. The van der Waals surface area contributed by atoms with Crippen LogP contribution in [-0.4, -0.2) is 26.1 Å². The molecule has 6 nitrogen and oxygen atoms in total. The van der Waals surface area contributed by atoms with E-state index in [-0.39, 0.29) is 17.5 Å². The molecule has 1 aliphatic carbocycles. The van der Waals surface area contributed by atoms with Crippen molar-refractivity contribution < 1.29 is 4.79 Å². The minimum Gasteiger partial charge on any atom is -0.350 e. The smallest absolute Gasteiger partial charge is 0.277 e. The van der Waals surface area contributed by atoms with Crippen molar-refractivity contribution in [2.24, 2.45) is 5.92 Å². The Morgan fingerprint density at radius 3 is 2.57 bits per heavy atom. The number of rotatable bonds is 6. The fourth-order valence-corrected chi connectivity index (χ4v) is 4.41. The summed E-state index contributed by atoms with van der Waals surface area (Å²) < 4.78 is 3.46. The van der Waals surface area contributed by atoms with Gasteiger partial charge in [-0.2, -0.15) is 5.10 Å². The average molecular weight is 407 g/mol. The zero-order valence-electron chi connectivity index (χ0n) is 18.0. The number of hydrogen-bond acceptors (Lipinski definition) is 3. The largest absolute Gasteiger partial charge is 0.350 e. The molecule has 30 heavy (non-hydrogen) atoms. The summed E-state index contributed by atoms with van der Waals surface area (Å²) in [4.78, 5) is 25.5. The van der Waals surface area contributed by atoms with Crippen LogP contribution in [0.4, 0.5) is 0 Å². The monoisotopic (exact) mass is 406 g/mol. The molecule has 0 spiro atoms. The lowest BCUT2D eigenvalue weighted by molar-refractivity contribution is 0.0936. The third-order valence-electron chi connectivity index (χ3n) is 5.80. The first kappa shape index (κ1) is 20.4. The number of amides is 1. The van der Waals surface area contributed by atoms with Crippen molar-refractivity contribution in [2.75, 3.05) is 0 Å². The first-order chi connectivity index (χ1) is 14.4. The van der Waals surface area contributed by atoms with Crippen LogP contribution in [0.25, 0.3) is 5.52 Å². The van der Waals surface area contributed by atoms with Crippen LogP contribution in [0.5, 0.6) is 0 Å². The molecule has 4 rings (SSSR count). The van der Waals surface area contributed by atoms with Crippen molar-refractivity contribution in [3.05, 3.63) is 69.4 Å². The highest BCUT2D eigenvalue weighted by Crippen LogP contribution is 2.22. The number of nitrogens with one attached hydrogen (secondary N) is 1. The molecule has 3 aromatic rings. The Morgan fingerprint density at radius 2 is 1.83 bits per heavy atom. The first-order valence-electron chi connectivity index (χ1n) is 10.9. The summed E-state index contributed by atoms with van der Waals surface area (Å²) in [6.45, 7) is 6.80. The number of aryl methyl sites for hydroxylation is 2. The molecule has 6 heteroatoms. The predicted octanol–water partition coefficient (Wildman–Crippen LogP) is 3.59. The number of benzene rings is 1. The Bertz CT molecular complexity index is 1110. The second kappa shape index (κ2) is 8.46. The fourth-order valence-electron chi connectivity index (χ4n) is 4.41. The van der Waals surface area contributed by atoms with Crippen molar-refractivity contribution >= 4 is 11.4 Å². The van der Waals surface area contributed by atoms with Gasteiger partial charge in [0.05, 0.1) is 12.2 Å². The fraction of sp³-hybridized carbons (Fsp3) is 0.458. The van der Waals surface area contributed by atoms with Gasteiger partial charge in [-0.3, -0.25) is 9.59 Å². The summed E-state index contributed by atoms with van der Waals surface area (Å²) in [5.41, 5.74) is 4.52. The van der Waals surface area contributed by atoms with E-state index in [1.807, 2.05) is 37.4 Å². The van der Waals surface area contributed by atoms with E-state index in [1.54, 1.807) is 15.3 Å². The SMILES string of the molecule is CC(C)CC(C)NC(=O)c1ccc(Cn2ccn3nc4c(c3c2=O)CCCC4)cc1. The molecular formula is C24H30N4O2. The van der Waals surface area contributed by atoms with Crippen molar-refractivity contribution in [1.82, 2.24) is 19.5 Å². The molecule has 1 N–H and O–H groups in total. The average Bonchev–Trinajstić information content (AvgIpc) is 3.09. The molecule has 2 aromatic heterocycles. The van der Waals surface area contributed by atoms with E-state index < -0.39 is 0 Å². The summed E-state index contributed by atoms with van der Waals surface area (Å²) in [5.74, 6) is 0.485. The van der Waals surface area contributed by atoms with Crippen LogP contribution < -0.4 is 10.9 Å². The normalized spacial score (nSPS) is 14.7. The Hall–Kier alpha value is -2.89. The Kier molecular flexibility index (Phi) is 5.75. The number of nitrogens with zero attached hydrogens (tertiary/aromatic N) is 3. The number of hydrogen-bond donors (Lipinski definition) is 1. The van der Waals surface area contributed by atoms with Gasteiger partial charge in [0, 0.05) is 29.6 Å². The van der Waals surface area contributed by atoms with Gasteiger partial charge in [0.15, 0.2) is 0 Å². The van der Waals surface area contributed by atoms with Gasteiger partial charge in [0.1, 0.15) is 5.52 Å². The highest BCUT2D eigenvalue weighted by atomic mass is 16.1. The molecule has 0 fully saturated rings. The molecular weight excluding hydrogens is 376 g/mol. The molecule has 0 aliphatic heterocycles. The van der Waals surface area contributed by atoms with Crippen LogP contribution in [0.1, 0.15) is 67.2 Å². The molecule has 0 saturated carbocycles. The molecule has 1 amide bonds. The van der Waals surface area contributed by atoms with E-state index in [0.29, 0.717) is 23.5 Å². The van der Waals surface area contributed by atoms with Crippen LogP contribution >= 0.6 is 0 Å². The lowest BCUT2D eigenvalue weighted by atomic mass is 9.97. The summed E-state index contributed by atoms with van der Waals surface area (Å²) >= 11 is 0. The zero-order valence-corrected chi connectivity index (χ0v) is 18.0. The maximum Gasteiger partial charge on any atom is 0.277 e. The lowest BCUT2D eigenvalue weighted by Gasteiger charge is -2.16. The van der Waals surface area contributed by atoms with E-state index in [9.17, 15) is 9.59 Å². The van der Waals surface area contributed by atoms with Crippen molar-refractivity contribution in [3.8, 4) is 0 Å². The van der Waals surface area contributed by atoms with Crippen molar-refractivity contribution in [3.63, 3.8) is 0 Å². The highest BCUT2D eigenvalue weighted by molar-refractivity contribution is 5.94. The van der Waals surface area contributed by atoms with Crippen LogP contribution in [-0.2, 0) is 19.4 Å². The molecule has 158 valence electrons. The minimum absolute atomic E-state index is 0.00233. The van der Waals surface area contributed by atoms with Gasteiger partial charge >= 0.3 is 0 Å². The maximum atomic E-state index is 13.1. The van der Waals surface area contributed by atoms with Gasteiger partial charge in [0.25, 0.3) is 11.5 Å². The zero-order chi connectivity index (χ0) is 21.3. The first-order valence-corrected chi connectivity index (χ1v) is 10.9. The van der Waals surface area contributed by atoms with E-state index in [4.69, 9.17) is 0 Å². The highest BCUT2D eigenvalue weighted by Gasteiger charge is 2.19. The van der Waals surface area contributed by atoms with Gasteiger partial charge in [-0.15, -0.1) is 0 Å². The number of carbonyl (C=O) groups excluding carboxylic acids is 1. The quantitative estimate of drug-likeness (QED) is 0.680. The van der Waals surface area contributed by atoms with Gasteiger partial charge in [0.2, 0.25) is 0 Å². The van der Waals surface area contributed by atoms with Crippen LogP contribution in [0.15, 0.2) is 41.5 Å². The number of fused-ring (bicyclic) bond motifs is 3. The number of aromatic nitrogens is 3. The van der Waals surface area contributed by atoms with Gasteiger partial charge in [-0.1, -0.05) is 26.0 Å². The standard InChI is InChI=1S/C24H30N4O2/c1-16(2)14-17(3)25-23(29)19-10-8-18(9-11-19)15-27-12-13-28-22(24(27)30)20-6-4-5-7-21(20)26-28/h8-13,16-17H,4-7,14-15H2,1-3H3,(H,25,29). The second-order valence-electron chi connectivity index (χ2n) is 8.86. The third-order valence-corrected chi connectivity index (χ3v) is 5.80. The molecule has 1 aromatic carbocycles. The van der Waals surface area contributed by atoms with E-state index in [0.717, 1.165) is 48.9 Å². The Balaban J connectivity index is 1.51. The third kappa shape index (κ3) is 4.18. The summed E-state index contributed by atoms with van der Waals surface area (Å²) in [6, 6.07) is 7.65.